The summed E-state index contributed by atoms with van der Waals surface area (Å²) in [5.41, 5.74) is 3.36. The first-order chi connectivity index (χ1) is 10.8. The highest BCUT2D eigenvalue weighted by molar-refractivity contribution is 7.80. The predicted molar refractivity (Wildman–Crippen MR) is 95.1 cm³/mol. The summed E-state index contributed by atoms with van der Waals surface area (Å²) in [6.07, 6.45) is 0. The van der Waals surface area contributed by atoms with Crippen molar-refractivity contribution in [3.63, 3.8) is 0 Å². The van der Waals surface area contributed by atoms with Gasteiger partial charge in [0.1, 0.15) is 0 Å². The fourth-order valence-electron chi connectivity index (χ4n) is 2.29. The number of hydrogen-bond donors (Lipinski definition) is 2. The number of thiocarbonyl (C=S) groups is 1. The molecule has 0 aliphatic heterocycles. The first-order valence-corrected chi connectivity index (χ1v) is 7.85. The summed E-state index contributed by atoms with van der Waals surface area (Å²) < 4.78 is 26.3. The lowest BCUT2D eigenvalue weighted by molar-refractivity contribution is 0.505. The fraction of sp³-hybridized carbons (Fsp3) is 0.235. The Morgan fingerprint density at radius 1 is 1.13 bits per heavy atom. The quantitative estimate of drug-likeness (QED) is 0.733. The standard InChI is InChI=1S/C17H17ClF2N2S/c1-9-6-10(2)16(13(18)7-9)22-17(23)21-11(3)12-4-5-14(19)15(20)8-12/h4-8,11H,1-3H3,(H2,21,22,23)/t11-/m1/s1. The van der Waals surface area contributed by atoms with Crippen LogP contribution in [0.3, 0.4) is 0 Å². The second kappa shape index (κ2) is 7.23. The molecule has 0 unspecified atom stereocenters. The molecule has 6 heteroatoms. The Morgan fingerprint density at radius 2 is 1.83 bits per heavy atom. The normalized spacial score (nSPS) is 11.9. The lowest BCUT2D eigenvalue weighted by Crippen LogP contribution is -2.31. The Morgan fingerprint density at radius 3 is 2.43 bits per heavy atom. The molecule has 0 fully saturated rings. The van der Waals surface area contributed by atoms with Crippen LogP contribution in [0.5, 0.6) is 0 Å². The molecule has 23 heavy (non-hydrogen) atoms. The third-order valence-corrected chi connectivity index (χ3v) is 3.98. The van der Waals surface area contributed by atoms with E-state index in [9.17, 15) is 8.78 Å². The fourth-order valence-corrected chi connectivity index (χ4v) is 2.93. The molecule has 0 bridgehead atoms. The van der Waals surface area contributed by atoms with Gasteiger partial charge in [0.2, 0.25) is 0 Å². The summed E-state index contributed by atoms with van der Waals surface area (Å²) in [4.78, 5) is 0. The largest absolute Gasteiger partial charge is 0.356 e. The Balaban J connectivity index is 2.09. The van der Waals surface area contributed by atoms with E-state index in [1.165, 1.54) is 6.07 Å². The Bertz CT molecular complexity index is 726. The molecule has 2 aromatic rings. The van der Waals surface area contributed by atoms with Gasteiger partial charge in [-0.3, -0.25) is 0 Å². The molecule has 0 aliphatic rings. The van der Waals surface area contributed by atoms with E-state index >= 15 is 0 Å². The highest BCUT2D eigenvalue weighted by Crippen LogP contribution is 2.27. The van der Waals surface area contributed by atoms with Gasteiger partial charge in [-0.05, 0) is 67.9 Å². The molecule has 0 saturated carbocycles. The molecule has 0 spiro atoms. The minimum atomic E-state index is -0.882. The molecular weight excluding hydrogens is 338 g/mol. The highest BCUT2D eigenvalue weighted by Gasteiger charge is 2.12. The predicted octanol–water partition coefficient (Wildman–Crippen LogP) is 5.28. The molecule has 0 aromatic heterocycles. The molecule has 0 radical (unpaired) electrons. The topological polar surface area (TPSA) is 24.1 Å². The van der Waals surface area contributed by atoms with Crippen molar-refractivity contribution in [3.05, 3.63) is 63.7 Å². The third kappa shape index (κ3) is 4.39. The van der Waals surface area contributed by atoms with Crippen LogP contribution in [0.25, 0.3) is 0 Å². The lowest BCUT2D eigenvalue weighted by Gasteiger charge is -2.19. The molecule has 0 amide bonds. The maximum atomic E-state index is 13.3. The number of halogens is 3. The SMILES string of the molecule is Cc1cc(C)c(NC(=S)N[C@H](C)c2ccc(F)c(F)c2)c(Cl)c1. The zero-order valence-corrected chi connectivity index (χ0v) is 14.6. The zero-order valence-electron chi connectivity index (χ0n) is 13.0. The van der Waals surface area contributed by atoms with Crippen molar-refractivity contribution in [2.45, 2.75) is 26.8 Å². The maximum Gasteiger partial charge on any atom is 0.171 e. The minimum Gasteiger partial charge on any atom is -0.356 e. The maximum absolute atomic E-state index is 13.3. The van der Waals surface area contributed by atoms with Gasteiger partial charge in [-0.1, -0.05) is 23.7 Å². The Kier molecular flexibility index (Phi) is 5.55. The van der Waals surface area contributed by atoms with Crippen LogP contribution < -0.4 is 10.6 Å². The molecule has 0 saturated heterocycles. The highest BCUT2D eigenvalue weighted by atomic mass is 35.5. The molecule has 0 heterocycles. The van der Waals surface area contributed by atoms with Crippen LogP contribution in [0.2, 0.25) is 5.02 Å². The second-order valence-electron chi connectivity index (χ2n) is 5.43. The van der Waals surface area contributed by atoms with E-state index < -0.39 is 11.6 Å². The van der Waals surface area contributed by atoms with Gasteiger partial charge in [0, 0.05) is 0 Å². The summed E-state index contributed by atoms with van der Waals surface area (Å²) in [5, 5.41) is 7.02. The van der Waals surface area contributed by atoms with Gasteiger partial charge in [-0.15, -0.1) is 0 Å². The summed E-state index contributed by atoms with van der Waals surface area (Å²) in [5.74, 6) is -1.75. The van der Waals surface area contributed by atoms with Crippen molar-refractivity contribution in [1.82, 2.24) is 5.32 Å². The number of benzene rings is 2. The van der Waals surface area contributed by atoms with Gasteiger partial charge in [0.25, 0.3) is 0 Å². The minimum absolute atomic E-state index is 0.283. The number of rotatable bonds is 3. The lowest BCUT2D eigenvalue weighted by atomic mass is 10.1. The van der Waals surface area contributed by atoms with Crippen molar-refractivity contribution in [2.24, 2.45) is 0 Å². The average molecular weight is 355 g/mol. The monoisotopic (exact) mass is 354 g/mol. The van der Waals surface area contributed by atoms with E-state index in [1.807, 2.05) is 32.9 Å². The molecule has 1 atom stereocenters. The number of nitrogens with one attached hydrogen (secondary N) is 2. The van der Waals surface area contributed by atoms with Crippen LogP contribution in [0.15, 0.2) is 30.3 Å². The van der Waals surface area contributed by atoms with Crippen LogP contribution >= 0.6 is 23.8 Å². The van der Waals surface area contributed by atoms with Gasteiger partial charge >= 0.3 is 0 Å². The molecule has 2 aromatic carbocycles. The van der Waals surface area contributed by atoms with Crippen LogP contribution in [0.1, 0.15) is 29.7 Å². The molecule has 2 nitrogen and oxygen atoms in total. The van der Waals surface area contributed by atoms with Gasteiger partial charge < -0.3 is 10.6 Å². The molecule has 2 N–H and O–H groups in total. The van der Waals surface area contributed by atoms with E-state index in [-0.39, 0.29) is 6.04 Å². The third-order valence-electron chi connectivity index (χ3n) is 3.46. The first-order valence-electron chi connectivity index (χ1n) is 7.07. The first kappa shape index (κ1) is 17.6. The number of aryl methyl sites for hydroxylation is 2. The van der Waals surface area contributed by atoms with Gasteiger partial charge in [-0.25, -0.2) is 8.78 Å². The summed E-state index contributed by atoms with van der Waals surface area (Å²) in [6.45, 7) is 5.71. The Hall–Kier alpha value is -1.72. The number of hydrogen-bond acceptors (Lipinski definition) is 1. The zero-order chi connectivity index (χ0) is 17.1. The number of anilines is 1. The van der Waals surface area contributed by atoms with Crippen LogP contribution in [-0.2, 0) is 0 Å². The van der Waals surface area contributed by atoms with Crippen LogP contribution in [0.4, 0.5) is 14.5 Å². The summed E-state index contributed by atoms with van der Waals surface area (Å²) in [6, 6.07) is 7.33. The smallest absolute Gasteiger partial charge is 0.171 e. The van der Waals surface area contributed by atoms with Gasteiger partial charge in [0.05, 0.1) is 16.8 Å². The van der Waals surface area contributed by atoms with E-state index in [0.29, 0.717) is 15.7 Å². The van der Waals surface area contributed by atoms with Crippen molar-refractivity contribution in [2.75, 3.05) is 5.32 Å². The summed E-state index contributed by atoms with van der Waals surface area (Å²) >= 11 is 11.5. The summed E-state index contributed by atoms with van der Waals surface area (Å²) in [7, 11) is 0. The van der Waals surface area contributed by atoms with E-state index in [4.69, 9.17) is 23.8 Å². The van der Waals surface area contributed by atoms with Gasteiger partial charge in [0.15, 0.2) is 16.7 Å². The van der Waals surface area contributed by atoms with E-state index in [0.717, 1.165) is 28.9 Å². The van der Waals surface area contributed by atoms with Crippen LogP contribution in [-0.4, -0.2) is 5.11 Å². The molecule has 2 rings (SSSR count). The second-order valence-corrected chi connectivity index (χ2v) is 6.25. The Labute approximate surface area is 144 Å². The van der Waals surface area contributed by atoms with Crippen molar-refractivity contribution < 1.29 is 8.78 Å². The van der Waals surface area contributed by atoms with E-state index in [2.05, 4.69) is 10.6 Å². The van der Waals surface area contributed by atoms with Crippen molar-refractivity contribution in [3.8, 4) is 0 Å². The molecule has 0 aliphatic carbocycles. The van der Waals surface area contributed by atoms with Crippen molar-refractivity contribution in [1.29, 1.82) is 0 Å². The van der Waals surface area contributed by atoms with Crippen LogP contribution in [0, 0.1) is 25.5 Å². The molecule has 122 valence electrons. The van der Waals surface area contributed by atoms with Crippen molar-refractivity contribution >= 4 is 34.6 Å². The van der Waals surface area contributed by atoms with Gasteiger partial charge in [-0.2, -0.15) is 0 Å². The average Bonchev–Trinajstić information content (AvgIpc) is 2.45. The molecular formula is C17H17ClF2N2S. The van der Waals surface area contributed by atoms with E-state index in [1.54, 1.807) is 0 Å².